The molecular weight excluding hydrogens is 566 g/mol. The minimum atomic E-state index is -4.78. The van der Waals surface area contributed by atoms with E-state index >= 15 is 0 Å². The van der Waals surface area contributed by atoms with Crippen LogP contribution in [0, 0.1) is 10.1 Å². The number of amides is 4. The molecule has 0 spiro atoms. The minimum Gasteiger partial charge on any atom is -0.487 e. The molecule has 4 rings (SSSR count). The van der Waals surface area contributed by atoms with E-state index in [1.807, 2.05) is 5.32 Å². The van der Waals surface area contributed by atoms with Gasteiger partial charge in [0.1, 0.15) is 17.9 Å². The van der Waals surface area contributed by atoms with E-state index in [0.717, 1.165) is 12.1 Å². The van der Waals surface area contributed by atoms with Crippen LogP contribution in [-0.4, -0.2) is 22.8 Å². The van der Waals surface area contributed by atoms with E-state index < -0.39 is 45.8 Å². The monoisotopic (exact) mass is 579 g/mol. The Balaban J connectivity index is 1.59. The molecule has 1 N–H and O–H groups in total. The SMILES string of the molecule is O=C1NC(=O)N(c2cc(C(F)(F)F)ccc2Cl)C(=O)/C1=C\c1ccc(OCc2cccc([N+](=O)[O-])c2)c(Cl)c1. The van der Waals surface area contributed by atoms with Gasteiger partial charge in [0.25, 0.3) is 17.5 Å². The molecule has 1 aliphatic rings. The van der Waals surface area contributed by atoms with E-state index in [-0.39, 0.29) is 33.7 Å². The van der Waals surface area contributed by atoms with Gasteiger partial charge < -0.3 is 4.74 Å². The largest absolute Gasteiger partial charge is 0.487 e. The molecule has 39 heavy (non-hydrogen) atoms. The predicted molar refractivity (Wildman–Crippen MR) is 134 cm³/mol. The molecule has 1 saturated heterocycles. The Hall–Kier alpha value is -4.42. The lowest BCUT2D eigenvalue weighted by molar-refractivity contribution is -0.384. The summed E-state index contributed by atoms with van der Waals surface area (Å²) in [7, 11) is 0. The lowest BCUT2D eigenvalue weighted by Crippen LogP contribution is -2.54. The number of hydrogen-bond acceptors (Lipinski definition) is 6. The lowest BCUT2D eigenvalue weighted by Gasteiger charge is -2.27. The highest BCUT2D eigenvalue weighted by Gasteiger charge is 2.39. The van der Waals surface area contributed by atoms with E-state index in [4.69, 9.17) is 27.9 Å². The van der Waals surface area contributed by atoms with Gasteiger partial charge in [-0.15, -0.1) is 0 Å². The number of urea groups is 1. The Kier molecular flexibility index (Phi) is 7.61. The molecule has 14 heteroatoms. The van der Waals surface area contributed by atoms with Crippen molar-refractivity contribution < 1.29 is 37.2 Å². The van der Waals surface area contributed by atoms with Crippen molar-refractivity contribution in [2.75, 3.05) is 4.90 Å². The summed E-state index contributed by atoms with van der Waals surface area (Å²) in [6.07, 6.45) is -3.69. The summed E-state index contributed by atoms with van der Waals surface area (Å²) in [5, 5.41) is 12.6. The number of non-ortho nitro benzene ring substituents is 1. The number of benzene rings is 3. The number of anilines is 1. The van der Waals surface area contributed by atoms with Crippen molar-refractivity contribution in [3.8, 4) is 5.75 Å². The van der Waals surface area contributed by atoms with Crippen LogP contribution >= 0.6 is 23.2 Å². The van der Waals surface area contributed by atoms with Crippen molar-refractivity contribution in [2.24, 2.45) is 0 Å². The molecule has 200 valence electrons. The number of nitrogens with one attached hydrogen (secondary N) is 1. The number of nitro benzene ring substituents is 1. The predicted octanol–water partition coefficient (Wildman–Crippen LogP) is 6.17. The van der Waals surface area contributed by atoms with Crippen LogP contribution in [0.2, 0.25) is 10.0 Å². The second-order valence-electron chi connectivity index (χ2n) is 8.03. The number of imide groups is 2. The second-order valence-corrected chi connectivity index (χ2v) is 8.84. The number of barbiturate groups is 1. The standard InChI is InChI=1S/C25H14Cl2F3N3O6/c26-18-6-5-15(25(28,29)30)11-20(18)32-23(35)17(22(34)31-24(32)36)9-13-4-7-21(19(27)10-13)39-12-14-2-1-3-16(8-14)33(37)38/h1-11H,12H2,(H,31,34,36)/b17-9-. The Morgan fingerprint density at radius 2 is 1.74 bits per heavy atom. The number of nitro groups is 1. The van der Waals surface area contributed by atoms with Gasteiger partial charge in [0, 0.05) is 12.1 Å². The highest BCUT2D eigenvalue weighted by molar-refractivity contribution is 6.42. The summed E-state index contributed by atoms with van der Waals surface area (Å²) in [6, 6.07) is 10.8. The molecular formula is C25H14Cl2F3N3O6. The maximum absolute atomic E-state index is 13.2. The summed E-state index contributed by atoms with van der Waals surface area (Å²) >= 11 is 12.2. The van der Waals surface area contributed by atoms with Crippen LogP contribution in [-0.2, 0) is 22.4 Å². The molecule has 1 fully saturated rings. The van der Waals surface area contributed by atoms with Crippen LogP contribution < -0.4 is 15.0 Å². The average molecular weight is 580 g/mol. The summed E-state index contributed by atoms with van der Waals surface area (Å²) in [6.45, 7) is -0.0441. The van der Waals surface area contributed by atoms with Gasteiger partial charge in [-0.1, -0.05) is 41.4 Å². The third-order valence-electron chi connectivity index (χ3n) is 5.40. The average Bonchev–Trinajstić information content (AvgIpc) is 2.86. The first kappa shape index (κ1) is 27.6. The summed E-state index contributed by atoms with van der Waals surface area (Å²) in [5.74, 6) is -2.09. The van der Waals surface area contributed by atoms with E-state index in [9.17, 15) is 37.7 Å². The lowest BCUT2D eigenvalue weighted by atomic mass is 10.1. The Morgan fingerprint density at radius 3 is 2.41 bits per heavy atom. The van der Waals surface area contributed by atoms with Crippen molar-refractivity contribution in [2.45, 2.75) is 12.8 Å². The maximum atomic E-state index is 13.2. The fraction of sp³-hybridized carbons (Fsp3) is 0.0800. The summed E-state index contributed by atoms with van der Waals surface area (Å²) in [5.41, 5.74) is -1.66. The van der Waals surface area contributed by atoms with E-state index in [0.29, 0.717) is 22.6 Å². The van der Waals surface area contributed by atoms with Crippen molar-refractivity contribution >= 4 is 58.5 Å². The molecule has 3 aromatic rings. The molecule has 0 radical (unpaired) electrons. The number of carbonyl (C=O) groups is 3. The zero-order valence-electron chi connectivity index (χ0n) is 19.3. The van der Waals surface area contributed by atoms with E-state index in [1.165, 1.54) is 36.4 Å². The maximum Gasteiger partial charge on any atom is 0.416 e. The van der Waals surface area contributed by atoms with Crippen LogP contribution in [0.4, 0.5) is 29.3 Å². The molecule has 0 unspecified atom stereocenters. The van der Waals surface area contributed by atoms with Gasteiger partial charge in [-0.05, 0) is 47.5 Å². The van der Waals surface area contributed by atoms with Gasteiger partial charge in [-0.25, -0.2) is 9.69 Å². The van der Waals surface area contributed by atoms with Crippen molar-refractivity contribution in [3.63, 3.8) is 0 Å². The van der Waals surface area contributed by atoms with Crippen molar-refractivity contribution in [1.82, 2.24) is 5.32 Å². The third-order valence-corrected chi connectivity index (χ3v) is 6.01. The van der Waals surface area contributed by atoms with Crippen LogP contribution in [0.3, 0.4) is 0 Å². The number of nitrogens with zero attached hydrogens (tertiary/aromatic N) is 2. The van der Waals surface area contributed by atoms with Crippen molar-refractivity contribution in [3.05, 3.63) is 103 Å². The number of alkyl halides is 3. The molecule has 0 saturated carbocycles. The third kappa shape index (κ3) is 6.02. The van der Waals surface area contributed by atoms with E-state index in [2.05, 4.69) is 0 Å². The van der Waals surface area contributed by atoms with Crippen LogP contribution in [0.1, 0.15) is 16.7 Å². The Bertz CT molecular complexity index is 1560. The Labute approximate surface area is 227 Å². The zero-order chi connectivity index (χ0) is 28.5. The number of ether oxygens (including phenoxy) is 1. The van der Waals surface area contributed by atoms with E-state index in [1.54, 1.807) is 6.07 Å². The Morgan fingerprint density at radius 1 is 1.00 bits per heavy atom. The van der Waals surface area contributed by atoms with Crippen LogP contribution in [0.25, 0.3) is 6.08 Å². The summed E-state index contributed by atoms with van der Waals surface area (Å²) < 4.78 is 45.2. The first-order valence-corrected chi connectivity index (χ1v) is 11.5. The molecule has 0 bridgehead atoms. The molecule has 3 aromatic carbocycles. The topological polar surface area (TPSA) is 119 Å². The fourth-order valence-corrected chi connectivity index (χ4v) is 3.99. The normalized spacial score (nSPS) is 14.9. The zero-order valence-corrected chi connectivity index (χ0v) is 20.8. The second kappa shape index (κ2) is 10.8. The van der Waals surface area contributed by atoms with Gasteiger partial charge in [-0.2, -0.15) is 13.2 Å². The van der Waals surface area contributed by atoms with Gasteiger partial charge in [0.2, 0.25) is 0 Å². The molecule has 9 nitrogen and oxygen atoms in total. The quantitative estimate of drug-likeness (QED) is 0.161. The molecule has 1 aliphatic heterocycles. The molecule has 0 aliphatic carbocycles. The molecule has 4 amide bonds. The first-order chi connectivity index (χ1) is 18.3. The van der Waals surface area contributed by atoms with Crippen LogP contribution in [0.5, 0.6) is 5.75 Å². The first-order valence-electron chi connectivity index (χ1n) is 10.8. The molecule has 0 atom stereocenters. The summed E-state index contributed by atoms with van der Waals surface area (Å²) in [4.78, 5) is 48.6. The van der Waals surface area contributed by atoms with Crippen LogP contribution in [0.15, 0.2) is 66.2 Å². The molecule has 1 heterocycles. The van der Waals surface area contributed by atoms with Gasteiger partial charge >= 0.3 is 12.2 Å². The number of carbonyl (C=O) groups excluding carboxylic acids is 3. The minimum absolute atomic E-state index is 0.0441. The number of hydrogen-bond donors (Lipinski definition) is 1. The fourth-order valence-electron chi connectivity index (χ4n) is 3.55. The highest BCUT2D eigenvalue weighted by Crippen LogP contribution is 2.37. The number of halogens is 5. The smallest absolute Gasteiger partial charge is 0.416 e. The van der Waals surface area contributed by atoms with Crippen molar-refractivity contribution in [1.29, 1.82) is 0 Å². The molecule has 0 aromatic heterocycles. The highest BCUT2D eigenvalue weighted by atomic mass is 35.5. The van der Waals surface area contributed by atoms with Gasteiger partial charge in [0.05, 0.1) is 26.2 Å². The number of rotatable bonds is 6. The van der Waals surface area contributed by atoms with Gasteiger partial charge in [0.15, 0.2) is 0 Å². The van der Waals surface area contributed by atoms with Gasteiger partial charge in [-0.3, -0.25) is 25.0 Å².